The first kappa shape index (κ1) is 19.9. The van der Waals surface area contributed by atoms with Crippen LogP contribution in [0, 0.1) is 10.1 Å². The van der Waals surface area contributed by atoms with Gasteiger partial charge in [-0.25, -0.2) is 0 Å². The molecule has 142 valence electrons. The van der Waals surface area contributed by atoms with Gasteiger partial charge in [0.25, 0.3) is 0 Å². The van der Waals surface area contributed by atoms with Gasteiger partial charge < -0.3 is 13.9 Å². The first-order valence-corrected chi connectivity index (χ1v) is 9.72. The van der Waals surface area contributed by atoms with Gasteiger partial charge in [0.2, 0.25) is 6.29 Å². The first-order chi connectivity index (χ1) is 12.2. The maximum Gasteiger partial charge on any atom is 0.433 e. The van der Waals surface area contributed by atoms with Gasteiger partial charge in [0, 0.05) is 0 Å². The lowest BCUT2D eigenvalue weighted by atomic mass is 10.0. The lowest BCUT2D eigenvalue weighted by Crippen LogP contribution is -2.09. The van der Waals surface area contributed by atoms with Gasteiger partial charge in [-0.1, -0.05) is 71.1 Å². The van der Waals surface area contributed by atoms with Gasteiger partial charge in [-0.2, -0.15) is 0 Å². The Morgan fingerprint density at radius 3 is 2.28 bits per heavy atom. The fourth-order valence-electron chi connectivity index (χ4n) is 3.18. The minimum absolute atomic E-state index is 0.0585. The Bertz CT molecular complexity index is 502. The molecule has 6 nitrogen and oxygen atoms in total. The molecule has 0 aliphatic carbocycles. The van der Waals surface area contributed by atoms with Gasteiger partial charge in [-0.3, -0.25) is 10.1 Å². The number of furan rings is 1. The quantitative estimate of drug-likeness (QED) is 0.250. The number of ether oxygens (including phenoxy) is 2. The summed E-state index contributed by atoms with van der Waals surface area (Å²) in [7, 11) is 0. The summed E-state index contributed by atoms with van der Waals surface area (Å²) in [6.45, 7) is 2.77. The Labute approximate surface area is 150 Å². The molecule has 1 aliphatic rings. The fraction of sp³-hybridized carbons (Fsp3) is 0.789. The number of hydrogen-bond donors (Lipinski definition) is 0. The lowest BCUT2D eigenvalue weighted by Gasteiger charge is -2.09. The van der Waals surface area contributed by atoms with Crippen molar-refractivity contribution >= 4 is 5.88 Å². The SMILES string of the molecule is CCCCCCCCCCCCC1COC(c2ccc([N+](=O)[O-])o2)O1. The van der Waals surface area contributed by atoms with Gasteiger partial charge in [0.15, 0.2) is 5.76 Å². The zero-order valence-electron chi connectivity index (χ0n) is 15.3. The molecule has 2 atom stereocenters. The Balaban J connectivity index is 1.49. The molecule has 1 aliphatic heterocycles. The maximum absolute atomic E-state index is 10.6. The van der Waals surface area contributed by atoms with Crippen LogP contribution in [0.25, 0.3) is 0 Å². The van der Waals surface area contributed by atoms with Gasteiger partial charge >= 0.3 is 5.88 Å². The molecule has 2 unspecified atom stereocenters. The number of nitro groups is 1. The summed E-state index contributed by atoms with van der Waals surface area (Å²) >= 11 is 0. The summed E-state index contributed by atoms with van der Waals surface area (Å²) in [5.74, 6) is 0.0950. The van der Waals surface area contributed by atoms with Crippen LogP contribution in [0.4, 0.5) is 5.88 Å². The molecule has 0 bridgehead atoms. The van der Waals surface area contributed by atoms with E-state index in [9.17, 15) is 10.1 Å². The van der Waals surface area contributed by atoms with E-state index < -0.39 is 11.2 Å². The molecule has 2 heterocycles. The summed E-state index contributed by atoms with van der Waals surface area (Å²) in [4.78, 5) is 10.1. The van der Waals surface area contributed by atoms with E-state index in [0.717, 1.165) is 12.8 Å². The monoisotopic (exact) mass is 353 g/mol. The van der Waals surface area contributed by atoms with E-state index in [0.29, 0.717) is 12.4 Å². The van der Waals surface area contributed by atoms with E-state index in [2.05, 4.69) is 6.92 Å². The predicted octanol–water partition coefficient (Wildman–Crippen LogP) is 5.91. The number of unbranched alkanes of at least 4 members (excludes halogenated alkanes) is 9. The summed E-state index contributed by atoms with van der Waals surface area (Å²) in [6, 6.07) is 2.88. The van der Waals surface area contributed by atoms with E-state index in [1.54, 1.807) is 6.07 Å². The Morgan fingerprint density at radius 2 is 1.68 bits per heavy atom. The zero-order valence-corrected chi connectivity index (χ0v) is 15.3. The Kier molecular flexibility index (Phi) is 8.97. The first-order valence-electron chi connectivity index (χ1n) is 9.72. The van der Waals surface area contributed by atoms with Crippen molar-refractivity contribution in [3.05, 3.63) is 28.0 Å². The summed E-state index contributed by atoms with van der Waals surface area (Å²) in [6.07, 6.45) is 13.6. The number of nitrogens with zero attached hydrogens (tertiary/aromatic N) is 1. The largest absolute Gasteiger partial charge is 0.433 e. The molecule has 1 aromatic heterocycles. The van der Waals surface area contributed by atoms with E-state index in [-0.39, 0.29) is 12.0 Å². The van der Waals surface area contributed by atoms with Crippen molar-refractivity contribution in [1.82, 2.24) is 0 Å². The van der Waals surface area contributed by atoms with Crippen molar-refractivity contribution in [2.75, 3.05) is 6.61 Å². The summed E-state index contributed by atoms with van der Waals surface area (Å²) in [5, 5.41) is 10.6. The third-order valence-corrected chi connectivity index (χ3v) is 4.65. The molecule has 2 rings (SSSR count). The average Bonchev–Trinajstić information content (AvgIpc) is 3.25. The van der Waals surface area contributed by atoms with E-state index >= 15 is 0 Å². The maximum atomic E-state index is 10.6. The molecule has 0 amide bonds. The van der Waals surface area contributed by atoms with Crippen LogP contribution < -0.4 is 0 Å². The van der Waals surface area contributed by atoms with Gasteiger partial charge in [0.1, 0.15) is 4.92 Å². The molecule has 0 N–H and O–H groups in total. The van der Waals surface area contributed by atoms with Crippen LogP contribution in [0.15, 0.2) is 16.5 Å². The predicted molar refractivity (Wildman–Crippen MR) is 95.4 cm³/mol. The molecule has 1 aromatic rings. The molecule has 1 fully saturated rings. The normalized spacial score (nSPS) is 20.2. The van der Waals surface area contributed by atoms with Gasteiger partial charge in [-0.15, -0.1) is 0 Å². The van der Waals surface area contributed by atoms with Crippen LogP contribution in [0.5, 0.6) is 0 Å². The Hall–Kier alpha value is -1.40. The van der Waals surface area contributed by atoms with Crippen molar-refractivity contribution in [3.63, 3.8) is 0 Å². The molecule has 6 heteroatoms. The Morgan fingerprint density at radius 1 is 1.04 bits per heavy atom. The molecule has 25 heavy (non-hydrogen) atoms. The van der Waals surface area contributed by atoms with Gasteiger partial charge in [-0.05, 0) is 12.5 Å². The fourth-order valence-corrected chi connectivity index (χ4v) is 3.18. The van der Waals surface area contributed by atoms with Crippen LogP contribution in [-0.2, 0) is 9.47 Å². The summed E-state index contributed by atoms with van der Waals surface area (Å²) < 4.78 is 16.5. The van der Waals surface area contributed by atoms with Crippen molar-refractivity contribution < 1.29 is 18.8 Å². The molecule has 0 spiro atoms. The molecular formula is C19H31NO5. The highest BCUT2D eigenvalue weighted by Crippen LogP contribution is 2.31. The van der Waals surface area contributed by atoms with Crippen LogP contribution >= 0.6 is 0 Å². The van der Waals surface area contributed by atoms with E-state index in [1.165, 1.54) is 63.9 Å². The van der Waals surface area contributed by atoms with Crippen molar-refractivity contribution in [2.24, 2.45) is 0 Å². The molecule has 1 saturated heterocycles. The second-order valence-corrected chi connectivity index (χ2v) is 6.83. The number of hydrogen-bond acceptors (Lipinski definition) is 5. The third kappa shape index (κ3) is 7.16. The van der Waals surface area contributed by atoms with E-state index in [4.69, 9.17) is 13.9 Å². The molecule has 0 aromatic carbocycles. The minimum Gasteiger partial charge on any atom is -0.400 e. The standard InChI is InChI=1S/C19H31NO5/c1-2-3-4-5-6-7-8-9-10-11-12-16-15-23-19(24-16)17-13-14-18(25-17)20(21)22/h13-14,16,19H,2-12,15H2,1H3. The van der Waals surface area contributed by atoms with Crippen LogP contribution in [-0.4, -0.2) is 17.6 Å². The second-order valence-electron chi connectivity index (χ2n) is 6.83. The molecule has 0 radical (unpaired) electrons. The summed E-state index contributed by atoms with van der Waals surface area (Å²) in [5.41, 5.74) is 0. The zero-order chi connectivity index (χ0) is 17.9. The van der Waals surface area contributed by atoms with Crippen molar-refractivity contribution in [3.8, 4) is 0 Å². The highest BCUT2D eigenvalue weighted by atomic mass is 16.7. The lowest BCUT2D eigenvalue weighted by molar-refractivity contribution is -0.402. The highest BCUT2D eigenvalue weighted by molar-refractivity contribution is 5.18. The average molecular weight is 353 g/mol. The topological polar surface area (TPSA) is 74.7 Å². The molecular weight excluding hydrogens is 322 g/mol. The van der Waals surface area contributed by atoms with Crippen molar-refractivity contribution in [2.45, 2.75) is 89.9 Å². The smallest absolute Gasteiger partial charge is 0.400 e. The van der Waals surface area contributed by atoms with Crippen LogP contribution in [0.2, 0.25) is 0 Å². The highest BCUT2D eigenvalue weighted by Gasteiger charge is 2.30. The second kappa shape index (κ2) is 11.3. The van der Waals surface area contributed by atoms with Crippen LogP contribution in [0.3, 0.4) is 0 Å². The van der Waals surface area contributed by atoms with E-state index in [1.807, 2.05) is 0 Å². The minimum atomic E-state index is -0.609. The molecule has 0 saturated carbocycles. The van der Waals surface area contributed by atoms with Crippen LogP contribution in [0.1, 0.15) is 89.6 Å². The van der Waals surface area contributed by atoms with Gasteiger partial charge in [0.05, 0.1) is 18.8 Å². The number of rotatable bonds is 13. The third-order valence-electron chi connectivity index (χ3n) is 4.65. The van der Waals surface area contributed by atoms with Crippen molar-refractivity contribution in [1.29, 1.82) is 0 Å².